The van der Waals surface area contributed by atoms with Crippen molar-refractivity contribution in [3.05, 3.63) is 0 Å². The second-order valence-electron chi connectivity index (χ2n) is 1.43. The standard InChI is InChI=1S/C4H8N2S4.H2S.Zn/c7-3(8)5-1-2-6-4(9)10;;/h1-2H2,(H2,5,7,8)(H2,6,9,10);1H2;/q;;+2/p-2. The summed E-state index contributed by atoms with van der Waals surface area (Å²) >= 11 is 18.4. The van der Waals surface area contributed by atoms with Crippen LogP contribution < -0.4 is 10.6 Å². The minimum Gasteiger partial charge on any atom is -0.412 e. The first kappa shape index (κ1) is 18.9. The molecule has 66 valence electrons. The third-order valence-electron chi connectivity index (χ3n) is 0.664. The molecule has 0 fully saturated rings. The molecular formula is C4H8N2S5Zn. The Morgan fingerprint density at radius 2 is 1.25 bits per heavy atom. The summed E-state index contributed by atoms with van der Waals surface area (Å²) in [6.45, 7) is 1.33. The zero-order chi connectivity index (χ0) is 7.98. The van der Waals surface area contributed by atoms with Crippen molar-refractivity contribution in [3.63, 3.8) is 0 Å². The van der Waals surface area contributed by atoms with Crippen molar-refractivity contribution in [2.24, 2.45) is 0 Å². The number of thiocarbonyl (C=S) groups is 2. The van der Waals surface area contributed by atoms with Gasteiger partial charge in [0, 0.05) is 13.1 Å². The van der Waals surface area contributed by atoms with E-state index in [1.807, 2.05) is 0 Å². The summed E-state index contributed by atoms with van der Waals surface area (Å²) < 4.78 is 0.745. The second kappa shape index (κ2) is 12.2. The van der Waals surface area contributed by atoms with Gasteiger partial charge in [0.05, 0.1) is 0 Å². The molecule has 0 saturated heterocycles. The smallest absolute Gasteiger partial charge is 0.412 e. The van der Waals surface area contributed by atoms with Crippen molar-refractivity contribution in [1.82, 2.24) is 10.6 Å². The summed E-state index contributed by atoms with van der Waals surface area (Å²) in [7, 11) is 0. The third-order valence-corrected chi connectivity index (χ3v) is 1.24. The number of hydrogen-bond acceptors (Lipinski definition) is 4. The van der Waals surface area contributed by atoms with Gasteiger partial charge in [0.25, 0.3) is 0 Å². The van der Waals surface area contributed by atoms with Crippen LogP contribution in [0.5, 0.6) is 0 Å². The van der Waals surface area contributed by atoms with Crippen molar-refractivity contribution < 1.29 is 19.5 Å². The van der Waals surface area contributed by atoms with Crippen molar-refractivity contribution >= 4 is 71.8 Å². The summed E-state index contributed by atoms with van der Waals surface area (Å²) in [5, 5.41) is 5.56. The van der Waals surface area contributed by atoms with Crippen LogP contribution in [0.15, 0.2) is 0 Å². The molecule has 0 rings (SSSR count). The van der Waals surface area contributed by atoms with E-state index in [0.29, 0.717) is 21.7 Å². The van der Waals surface area contributed by atoms with Crippen LogP contribution in [0.1, 0.15) is 0 Å². The number of nitrogens with one attached hydrogen (secondary N) is 2. The van der Waals surface area contributed by atoms with Gasteiger partial charge < -0.3 is 60.3 Å². The number of rotatable bonds is 3. The molecule has 0 aromatic rings. The van der Waals surface area contributed by atoms with Gasteiger partial charge in [-0.2, -0.15) is 13.5 Å². The molecule has 0 aliphatic carbocycles. The van der Waals surface area contributed by atoms with Crippen LogP contribution in [0, 0.1) is 0 Å². The zero-order valence-electron chi connectivity index (χ0n) is 6.25. The van der Waals surface area contributed by atoms with Gasteiger partial charge in [0.2, 0.25) is 0 Å². The first-order valence-electron chi connectivity index (χ1n) is 2.52. The molecule has 0 bridgehead atoms. The maximum Gasteiger partial charge on any atom is 2.00 e. The van der Waals surface area contributed by atoms with E-state index in [4.69, 9.17) is 0 Å². The van der Waals surface area contributed by atoms with Crippen LogP contribution in [0.2, 0.25) is 0 Å². The molecule has 8 heteroatoms. The molecule has 0 aromatic heterocycles. The van der Waals surface area contributed by atoms with Crippen LogP contribution in [-0.2, 0) is 44.7 Å². The Balaban J connectivity index is -0.000000405. The predicted molar refractivity (Wildman–Crippen MR) is 66.3 cm³/mol. The monoisotopic (exact) mass is 308 g/mol. The SMILES string of the molecule is S.S=C([S-])NCCNC(=S)[S-].[Zn+2]. The minimum atomic E-state index is 0. The largest absolute Gasteiger partial charge is 2.00 e. The van der Waals surface area contributed by atoms with E-state index >= 15 is 0 Å². The molecule has 2 nitrogen and oxygen atoms in total. The van der Waals surface area contributed by atoms with Gasteiger partial charge in [-0.1, -0.05) is 8.64 Å². The van der Waals surface area contributed by atoms with Crippen LogP contribution in [-0.4, -0.2) is 21.7 Å². The predicted octanol–water partition coefficient (Wildman–Crippen LogP) is -0.0605. The summed E-state index contributed by atoms with van der Waals surface area (Å²) in [6, 6.07) is 0. The fourth-order valence-electron chi connectivity index (χ4n) is 0.329. The Labute approximate surface area is 114 Å². The van der Waals surface area contributed by atoms with E-state index in [0.717, 1.165) is 0 Å². The summed E-state index contributed by atoms with van der Waals surface area (Å²) in [4.78, 5) is 0. The van der Waals surface area contributed by atoms with Gasteiger partial charge in [0.15, 0.2) is 0 Å². The Morgan fingerprint density at radius 3 is 1.42 bits per heavy atom. The first-order chi connectivity index (χ1) is 4.63. The fraction of sp³-hybridized carbons (Fsp3) is 0.500. The fourth-order valence-corrected chi connectivity index (χ4v) is 0.737. The summed E-state index contributed by atoms with van der Waals surface area (Å²) in [6.07, 6.45) is 0. The molecule has 12 heavy (non-hydrogen) atoms. The van der Waals surface area contributed by atoms with E-state index in [9.17, 15) is 0 Å². The van der Waals surface area contributed by atoms with Crippen molar-refractivity contribution in [3.8, 4) is 0 Å². The van der Waals surface area contributed by atoms with Crippen molar-refractivity contribution in [2.75, 3.05) is 13.1 Å². The molecule has 0 unspecified atom stereocenters. The molecule has 0 atom stereocenters. The van der Waals surface area contributed by atoms with Gasteiger partial charge in [-0.15, -0.1) is 0 Å². The molecular weight excluding hydrogens is 302 g/mol. The quantitative estimate of drug-likeness (QED) is 0.328. The molecule has 0 spiro atoms. The van der Waals surface area contributed by atoms with Crippen molar-refractivity contribution in [1.29, 1.82) is 0 Å². The normalized spacial score (nSPS) is 7.00. The van der Waals surface area contributed by atoms with E-state index < -0.39 is 0 Å². The molecule has 0 aliphatic rings. The summed E-state index contributed by atoms with van der Waals surface area (Å²) in [5.41, 5.74) is 0. The minimum absolute atomic E-state index is 0. The molecule has 0 heterocycles. The summed E-state index contributed by atoms with van der Waals surface area (Å²) in [5.74, 6) is 0. The van der Waals surface area contributed by atoms with Crippen molar-refractivity contribution in [2.45, 2.75) is 0 Å². The first-order valence-corrected chi connectivity index (χ1v) is 4.16. The maximum absolute atomic E-state index is 4.59. The van der Waals surface area contributed by atoms with E-state index in [2.05, 4.69) is 60.3 Å². The van der Waals surface area contributed by atoms with E-state index in [1.165, 1.54) is 0 Å². The van der Waals surface area contributed by atoms with Crippen LogP contribution in [0.4, 0.5) is 0 Å². The van der Waals surface area contributed by atoms with Crippen LogP contribution >= 0.6 is 37.9 Å². The number of hydrogen-bond donors (Lipinski definition) is 2. The van der Waals surface area contributed by atoms with Gasteiger partial charge in [-0.05, 0) is 0 Å². The zero-order valence-corrected chi connectivity index (χ0v) is 13.5. The Bertz CT molecular complexity index is 125. The molecule has 0 aromatic carbocycles. The Morgan fingerprint density at radius 1 is 1.00 bits per heavy atom. The van der Waals surface area contributed by atoms with E-state index in [-0.39, 0.29) is 33.0 Å². The maximum atomic E-state index is 4.59. The third kappa shape index (κ3) is 17.3. The van der Waals surface area contributed by atoms with E-state index in [1.54, 1.807) is 0 Å². The van der Waals surface area contributed by atoms with Crippen LogP contribution in [0.3, 0.4) is 0 Å². The van der Waals surface area contributed by atoms with Gasteiger partial charge >= 0.3 is 19.5 Å². The molecule has 0 radical (unpaired) electrons. The van der Waals surface area contributed by atoms with Crippen LogP contribution in [0.25, 0.3) is 0 Å². The second-order valence-corrected chi connectivity index (χ2v) is 3.58. The Kier molecular flexibility index (Phi) is 19.2. The molecule has 0 saturated carbocycles. The van der Waals surface area contributed by atoms with Gasteiger partial charge in [-0.3, -0.25) is 0 Å². The Hall–Kier alpha value is 1.19. The topological polar surface area (TPSA) is 24.1 Å². The average Bonchev–Trinajstić information content (AvgIpc) is 1.79. The molecule has 2 N–H and O–H groups in total. The van der Waals surface area contributed by atoms with Gasteiger partial charge in [0.1, 0.15) is 0 Å². The average molecular weight is 310 g/mol. The molecule has 0 amide bonds. The van der Waals surface area contributed by atoms with Gasteiger partial charge in [-0.25, -0.2) is 0 Å². The molecule has 0 aliphatic heterocycles.